The standard InChI is InChI=1S/C16H15NO3S/c1-10(14-3-2-6-21-14)15(18)17-8-12-5-4-11(16(19)20)7-13(12)9-17/h2-7,10H,8-9H2,1H3,(H,19,20). The van der Waals surface area contributed by atoms with Crippen molar-refractivity contribution in [3.05, 3.63) is 57.3 Å². The summed E-state index contributed by atoms with van der Waals surface area (Å²) in [5, 5.41) is 11.0. The van der Waals surface area contributed by atoms with E-state index in [-0.39, 0.29) is 17.4 Å². The molecule has 4 nitrogen and oxygen atoms in total. The van der Waals surface area contributed by atoms with E-state index < -0.39 is 5.97 Å². The molecule has 5 heteroatoms. The molecule has 108 valence electrons. The summed E-state index contributed by atoms with van der Waals surface area (Å²) in [6, 6.07) is 8.99. The van der Waals surface area contributed by atoms with Crippen LogP contribution in [0.25, 0.3) is 0 Å². The van der Waals surface area contributed by atoms with Gasteiger partial charge in [0.2, 0.25) is 5.91 Å². The monoisotopic (exact) mass is 301 g/mol. The maximum Gasteiger partial charge on any atom is 0.335 e. The third-order valence-corrected chi connectivity index (χ3v) is 4.88. The van der Waals surface area contributed by atoms with Gasteiger partial charge in [0.25, 0.3) is 0 Å². The first kappa shape index (κ1) is 13.8. The summed E-state index contributed by atoms with van der Waals surface area (Å²) in [4.78, 5) is 26.4. The fraction of sp³-hybridized carbons (Fsp3) is 0.250. The van der Waals surface area contributed by atoms with Crippen LogP contribution < -0.4 is 0 Å². The average molecular weight is 301 g/mol. The molecule has 1 unspecified atom stereocenters. The van der Waals surface area contributed by atoms with E-state index in [0.717, 1.165) is 16.0 Å². The van der Waals surface area contributed by atoms with Crippen LogP contribution in [-0.4, -0.2) is 21.9 Å². The minimum Gasteiger partial charge on any atom is -0.478 e. The van der Waals surface area contributed by atoms with Gasteiger partial charge in [0.15, 0.2) is 0 Å². The number of rotatable bonds is 3. The number of amides is 1. The van der Waals surface area contributed by atoms with Crippen molar-refractivity contribution in [2.24, 2.45) is 0 Å². The van der Waals surface area contributed by atoms with Crippen LogP contribution in [0.5, 0.6) is 0 Å². The topological polar surface area (TPSA) is 57.6 Å². The minimum absolute atomic E-state index is 0.0884. The Bertz CT molecular complexity index is 694. The lowest BCUT2D eigenvalue weighted by atomic mass is 10.1. The maximum absolute atomic E-state index is 12.5. The molecule has 0 aliphatic carbocycles. The molecule has 1 atom stereocenters. The quantitative estimate of drug-likeness (QED) is 0.947. The second-order valence-corrected chi connectivity index (χ2v) is 6.20. The first-order chi connectivity index (χ1) is 10.1. The van der Waals surface area contributed by atoms with Crippen molar-refractivity contribution in [2.75, 3.05) is 0 Å². The molecule has 2 heterocycles. The van der Waals surface area contributed by atoms with Crippen LogP contribution in [0.1, 0.15) is 39.2 Å². The number of carboxylic acids is 1. The predicted octanol–water partition coefficient (Wildman–Crippen LogP) is 3.09. The molecule has 3 rings (SSSR count). The van der Waals surface area contributed by atoms with Gasteiger partial charge in [-0.15, -0.1) is 11.3 Å². The lowest BCUT2D eigenvalue weighted by Gasteiger charge is -2.19. The number of hydrogen-bond donors (Lipinski definition) is 1. The highest BCUT2D eigenvalue weighted by molar-refractivity contribution is 7.10. The van der Waals surface area contributed by atoms with Crippen molar-refractivity contribution in [2.45, 2.75) is 25.9 Å². The maximum atomic E-state index is 12.5. The van der Waals surface area contributed by atoms with Gasteiger partial charge in [-0.25, -0.2) is 4.79 Å². The third-order valence-electron chi connectivity index (χ3n) is 3.83. The Hall–Kier alpha value is -2.14. The second kappa shape index (κ2) is 5.33. The first-order valence-corrected chi connectivity index (χ1v) is 7.61. The summed E-state index contributed by atoms with van der Waals surface area (Å²) in [5.41, 5.74) is 2.24. The molecule has 2 aromatic rings. The number of carboxylic acid groups (broad SMARTS) is 1. The highest BCUT2D eigenvalue weighted by atomic mass is 32.1. The van der Waals surface area contributed by atoms with Gasteiger partial charge in [0, 0.05) is 18.0 Å². The van der Waals surface area contributed by atoms with Gasteiger partial charge >= 0.3 is 5.97 Å². The summed E-state index contributed by atoms with van der Waals surface area (Å²) in [5.74, 6) is -1.00. The molecule has 0 bridgehead atoms. The average Bonchev–Trinajstić information content (AvgIpc) is 3.13. The van der Waals surface area contributed by atoms with Crippen molar-refractivity contribution in [3.8, 4) is 0 Å². The van der Waals surface area contributed by atoms with Crippen LogP contribution in [0.2, 0.25) is 0 Å². The molecule has 1 aliphatic heterocycles. The van der Waals surface area contributed by atoms with Gasteiger partial charge in [-0.1, -0.05) is 12.1 Å². The van der Waals surface area contributed by atoms with Gasteiger partial charge in [-0.3, -0.25) is 4.79 Å². The SMILES string of the molecule is CC(C(=O)N1Cc2ccc(C(=O)O)cc2C1)c1cccs1. The molecular formula is C16H15NO3S. The highest BCUT2D eigenvalue weighted by Crippen LogP contribution is 2.29. The fourth-order valence-electron chi connectivity index (χ4n) is 2.62. The normalized spacial score (nSPS) is 14.8. The zero-order chi connectivity index (χ0) is 15.0. The van der Waals surface area contributed by atoms with Gasteiger partial charge in [0.05, 0.1) is 11.5 Å². The zero-order valence-electron chi connectivity index (χ0n) is 11.6. The Morgan fingerprint density at radius 3 is 2.67 bits per heavy atom. The Morgan fingerprint density at radius 1 is 1.24 bits per heavy atom. The zero-order valence-corrected chi connectivity index (χ0v) is 12.4. The number of carbonyl (C=O) groups is 2. The predicted molar refractivity (Wildman–Crippen MR) is 80.4 cm³/mol. The summed E-state index contributed by atoms with van der Waals surface area (Å²) in [6.07, 6.45) is 0. The van der Waals surface area contributed by atoms with E-state index in [1.165, 1.54) is 0 Å². The molecule has 1 amide bonds. The Morgan fingerprint density at radius 2 is 2.00 bits per heavy atom. The lowest BCUT2D eigenvalue weighted by Crippen LogP contribution is -2.29. The van der Waals surface area contributed by atoms with E-state index in [2.05, 4.69) is 0 Å². The van der Waals surface area contributed by atoms with Crippen molar-refractivity contribution < 1.29 is 14.7 Å². The number of thiophene rings is 1. The molecule has 0 fully saturated rings. The van der Waals surface area contributed by atoms with Gasteiger partial charge in [0.1, 0.15) is 0 Å². The first-order valence-electron chi connectivity index (χ1n) is 6.73. The Labute approximate surface area is 126 Å². The number of nitrogens with zero attached hydrogens (tertiary/aromatic N) is 1. The van der Waals surface area contributed by atoms with Crippen LogP contribution in [0.15, 0.2) is 35.7 Å². The van der Waals surface area contributed by atoms with Crippen LogP contribution in [0.4, 0.5) is 0 Å². The van der Waals surface area contributed by atoms with Crippen LogP contribution >= 0.6 is 11.3 Å². The molecule has 1 aromatic carbocycles. The van der Waals surface area contributed by atoms with Crippen molar-refractivity contribution in [3.63, 3.8) is 0 Å². The van der Waals surface area contributed by atoms with Crippen molar-refractivity contribution in [1.29, 1.82) is 0 Å². The Kier molecular flexibility index (Phi) is 3.51. The number of benzene rings is 1. The number of fused-ring (bicyclic) bond motifs is 1. The molecule has 0 radical (unpaired) electrons. The lowest BCUT2D eigenvalue weighted by molar-refractivity contribution is -0.133. The summed E-state index contributed by atoms with van der Waals surface area (Å²) in [6.45, 7) is 2.97. The Balaban J connectivity index is 1.78. The number of aromatic carboxylic acids is 1. The van der Waals surface area contributed by atoms with Crippen LogP contribution in [-0.2, 0) is 17.9 Å². The molecule has 0 spiro atoms. The van der Waals surface area contributed by atoms with Crippen molar-refractivity contribution >= 4 is 23.2 Å². The van der Waals surface area contributed by atoms with E-state index in [0.29, 0.717) is 13.1 Å². The van der Waals surface area contributed by atoms with E-state index in [4.69, 9.17) is 5.11 Å². The van der Waals surface area contributed by atoms with E-state index in [1.54, 1.807) is 28.4 Å². The van der Waals surface area contributed by atoms with Gasteiger partial charge in [-0.05, 0) is 41.6 Å². The van der Waals surface area contributed by atoms with Gasteiger partial charge in [-0.2, -0.15) is 0 Å². The molecule has 1 aliphatic rings. The summed E-state index contributed by atoms with van der Waals surface area (Å²) in [7, 11) is 0. The second-order valence-electron chi connectivity index (χ2n) is 5.22. The van der Waals surface area contributed by atoms with Crippen LogP contribution in [0, 0.1) is 0 Å². The van der Waals surface area contributed by atoms with E-state index in [1.807, 2.05) is 30.5 Å². The third kappa shape index (κ3) is 2.56. The molecule has 1 N–H and O–H groups in total. The van der Waals surface area contributed by atoms with Gasteiger partial charge < -0.3 is 10.0 Å². The highest BCUT2D eigenvalue weighted by Gasteiger charge is 2.28. The molecule has 0 saturated heterocycles. The van der Waals surface area contributed by atoms with E-state index >= 15 is 0 Å². The summed E-state index contributed by atoms with van der Waals surface area (Å²) < 4.78 is 0. The molecule has 21 heavy (non-hydrogen) atoms. The molecule has 1 aromatic heterocycles. The fourth-order valence-corrected chi connectivity index (χ4v) is 3.39. The number of hydrogen-bond acceptors (Lipinski definition) is 3. The number of carbonyl (C=O) groups excluding carboxylic acids is 1. The minimum atomic E-state index is -0.936. The van der Waals surface area contributed by atoms with Crippen LogP contribution in [0.3, 0.4) is 0 Å². The molecule has 0 saturated carbocycles. The van der Waals surface area contributed by atoms with Crippen molar-refractivity contribution in [1.82, 2.24) is 4.90 Å². The van der Waals surface area contributed by atoms with E-state index in [9.17, 15) is 9.59 Å². The smallest absolute Gasteiger partial charge is 0.335 e. The largest absolute Gasteiger partial charge is 0.478 e. The summed E-state index contributed by atoms with van der Waals surface area (Å²) >= 11 is 1.58. The molecular weight excluding hydrogens is 286 g/mol.